The lowest BCUT2D eigenvalue weighted by molar-refractivity contribution is 0.591. The zero-order valence-electron chi connectivity index (χ0n) is 10.6. The van der Waals surface area contributed by atoms with Crippen LogP contribution in [0, 0.1) is 0 Å². The third kappa shape index (κ3) is 1.74. The van der Waals surface area contributed by atoms with E-state index in [9.17, 15) is 0 Å². The van der Waals surface area contributed by atoms with Crippen molar-refractivity contribution in [3.05, 3.63) is 65.4 Å². The second kappa shape index (κ2) is 4.21. The van der Waals surface area contributed by atoms with Gasteiger partial charge in [0.2, 0.25) is 0 Å². The van der Waals surface area contributed by atoms with E-state index in [1.165, 1.54) is 22.1 Å². The number of aromatic amines is 1. The predicted molar refractivity (Wildman–Crippen MR) is 76.1 cm³/mol. The molecule has 2 aromatic carbocycles. The molecule has 1 atom stereocenters. The van der Waals surface area contributed by atoms with Gasteiger partial charge in [0.15, 0.2) is 0 Å². The molecule has 3 heteroatoms. The number of benzene rings is 2. The first kappa shape index (κ1) is 10.8. The van der Waals surface area contributed by atoms with E-state index in [2.05, 4.69) is 58.0 Å². The van der Waals surface area contributed by atoms with Gasteiger partial charge in [-0.2, -0.15) is 5.10 Å². The van der Waals surface area contributed by atoms with Crippen molar-refractivity contribution < 1.29 is 0 Å². The van der Waals surface area contributed by atoms with Crippen LogP contribution in [0.4, 0.5) is 0 Å². The van der Waals surface area contributed by atoms with Gasteiger partial charge in [0, 0.05) is 24.4 Å². The summed E-state index contributed by atoms with van der Waals surface area (Å²) in [5, 5.41) is 11.8. The molecule has 0 unspecified atom stereocenters. The van der Waals surface area contributed by atoms with Gasteiger partial charge < -0.3 is 5.32 Å². The standard InChI is InChI=1S/C16H15N3/c1-2-4-14-12(3-1)8-17-10-15(14)11-5-6-13-9-18-19-16(13)7-11/h1-7,9,15,17H,8,10H2,(H,18,19)/t15-/m0/s1. The van der Waals surface area contributed by atoms with E-state index >= 15 is 0 Å². The van der Waals surface area contributed by atoms with Crippen molar-refractivity contribution >= 4 is 10.9 Å². The lowest BCUT2D eigenvalue weighted by atomic mass is 9.85. The van der Waals surface area contributed by atoms with E-state index in [1.54, 1.807) is 0 Å². The molecule has 0 spiro atoms. The fourth-order valence-electron chi connectivity index (χ4n) is 2.97. The van der Waals surface area contributed by atoms with Gasteiger partial charge in [0.1, 0.15) is 0 Å². The number of nitrogens with zero attached hydrogens (tertiary/aromatic N) is 1. The van der Waals surface area contributed by atoms with Gasteiger partial charge in [-0.25, -0.2) is 0 Å². The Bertz CT molecular complexity index is 729. The molecule has 3 nitrogen and oxygen atoms in total. The van der Waals surface area contributed by atoms with Gasteiger partial charge in [-0.05, 0) is 22.8 Å². The quantitative estimate of drug-likeness (QED) is 0.696. The molecule has 3 aromatic rings. The van der Waals surface area contributed by atoms with Gasteiger partial charge in [0.05, 0.1) is 11.7 Å². The average Bonchev–Trinajstić information content (AvgIpc) is 2.94. The largest absolute Gasteiger partial charge is 0.312 e. The summed E-state index contributed by atoms with van der Waals surface area (Å²) in [5.41, 5.74) is 5.31. The van der Waals surface area contributed by atoms with Crippen LogP contribution in [0.2, 0.25) is 0 Å². The number of hydrogen-bond donors (Lipinski definition) is 2. The lowest BCUT2D eigenvalue weighted by Gasteiger charge is -2.26. The molecule has 0 fully saturated rings. The van der Waals surface area contributed by atoms with Crippen LogP contribution in [0.3, 0.4) is 0 Å². The minimum Gasteiger partial charge on any atom is -0.312 e. The molecule has 0 bridgehead atoms. The van der Waals surface area contributed by atoms with Gasteiger partial charge in [0.25, 0.3) is 0 Å². The van der Waals surface area contributed by atoms with Crippen molar-refractivity contribution in [1.82, 2.24) is 15.5 Å². The molecule has 0 aliphatic carbocycles. The molecule has 0 saturated carbocycles. The number of aromatic nitrogens is 2. The molecule has 0 saturated heterocycles. The van der Waals surface area contributed by atoms with Crippen LogP contribution in [0.25, 0.3) is 10.9 Å². The Hall–Kier alpha value is -2.13. The maximum absolute atomic E-state index is 4.09. The van der Waals surface area contributed by atoms with Crippen molar-refractivity contribution in [2.75, 3.05) is 6.54 Å². The van der Waals surface area contributed by atoms with Crippen LogP contribution in [-0.2, 0) is 6.54 Å². The maximum atomic E-state index is 4.09. The topological polar surface area (TPSA) is 40.7 Å². The highest BCUT2D eigenvalue weighted by Gasteiger charge is 2.21. The van der Waals surface area contributed by atoms with Crippen LogP contribution in [-0.4, -0.2) is 16.7 Å². The van der Waals surface area contributed by atoms with Crippen LogP contribution >= 0.6 is 0 Å². The van der Waals surface area contributed by atoms with Crippen molar-refractivity contribution in [1.29, 1.82) is 0 Å². The molecular formula is C16H15N3. The first-order chi connectivity index (χ1) is 9.42. The fraction of sp³-hybridized carbons (Fsp3) is 0.188. The second-order valence-electron chi connectivity index (χ2n) is 5.10. The second-order valence-corrected chi connectivity index (χ2v) is 5.10. The van der Waals surface area contributed by atoms with Crippen molar-refractivity contribution in [3.8, 4) is 0 Å². The SMILES string of the molecule is c1ccc2c(c1)CNC[C@H]2c1ccc2cn[nH]c2c1. The summed E-state index contributed by atoms with van der Waals surface area (Å²) in [6, 6.07) is 15.3. The van der Waals surface area contributed by atoms with Gasteiger partial charge in [-0.3, -0.25) is 5.10 Å². The fourth-order valence-corrected chi connectivity index (χ4v) is 2.97. The van der Waals surface area contributed by atoms with E-state index in [0.29, 0.717) is 5.92 Å². The summed E-state index contributed by atoms with van der Waals surface area (Å²) in [6.07, 6.45) is 1.87. The highest BCUT2D eigenvalue weighted by atomic mass is 15.1. The molecule has 2 N–H and O–H groups in total. The van der Waals surface area contributed by atoms with Gasteiger partial charge in [-0.1, -0.05) is 36.4 Å². The first-order valence-electron chi connectivity index (χ1n) is 6.63. The van der Waals surface area contributed by atoms with E-state index < -0.39 is 0 Å². The van der Waals surface area contributed by atoms with Crippen LogP contribution < -0.4 is 5.32 Å². The number of H-pyrrole nitrogens is 1. The molecule has 1 aliphatic heterocycles. The zero-order valence-corrected chi connectivity index (χ0v) is 10.6. The van der Waals surface area contributed by atoms with Crippen molar-refractivity contribution in [3.63, 3.8) is 0 Å². The molecule has 2 heterocycles. The van der Waals surface area contributed by atoms with Crippen molar-refractivity contribution in [2.45, 2.75) is 12.5 Å². The normalized spacial score (nSPS) is 18.4. The Labute approximate surface area is 111 Å². The third-order valence-corrected chi connectivity index (χ3v) is 3.96. The Balaban J connectivity index is 1.84. The summed E-state index contributed by atoms with van der Waals surface area (Å²) >= 11 is 0. The minimum atomic E-state index is 0.428. The molecule has 0 radical (unpaired) electrons. The summed E-state index contributed by atoms with van der Waals surface area (Å²) in [7, 11) is 0. The van der Waals surface area contributed by atoms with Crippen molar-refractivity contribution in [2.24, 2.45) is 0 Å². The Morgan fingerprint density at radius 3 is 3.05 bits per heavy atom. The van der Waals surface area contributed by atoms with E-state index in [4.69, 9.17) is 0 Å². The predicted octanol–water partition coefficient (Wildman–Crippen LogP) is 2.80. The summed E-state index contributed by atoms with van der Waals surface area (Å²) in [6.45, 7) is 1.97. The molecule has 94 valence electrons. The summed E-state index contributed by atoms with van der Waals surface area (Å²) < 4.78 is 0. The van der Waals surface area contributed by atoms with Crippen LogP contribution in [0.15, 0.2) is 48.7 Å². The third-order valence-electron chi connectivity index (χ3n) is 3.96. The minimum absolute atomic E-state index is 0.428. The molecule has 1 aromatic heterocycles. The van der Waals surface area contributed by atoms with Crippen LogP contribution in [0.5, 0.6) is 0 Å². The Morgan fingerprint density at radius 2 is 2.05 bits per heavy atom. The number of hydrogen-bond acceptors (Lipinski definition) is 2. The van der Waals surface area contributed by atoms with E-state index in [1.807, 2.05) is 6.20 Å². The Kier molecular flexibility index (Phi) is 2.38. The number of nitrogens with one attached hydrogen (secondary N) is 2. The zero-order chi connectivity index (χ0) is 12.7. The van der Waals surface area contributed by atoms with Crippen LogP contribution in [0.1, 0.15) is 22.6 Å². The molecule has 19 heavy (non-hydrogen) atoms. The number of fused-ring (bicyclic) bond motifs is 2. The molecule has 1 aliphatic rings. The molecule has 4 rings (SSSR count). The summed E-state index contributed by atoms with van der Waals surface area (Å²) in [4.78, 5) is 0. The monoisotopic (exact) mass is 249 g/mol. The molecular weight excluding hydrogens is 234 g/mol. The number of rotatable bonds is 1. The Morgan fingerprint density at radius 1 is 1.11 bits per heavy atom. The lowest BCUT2D eigenvalue weighted by Crippen LogP contribution is -2.28. The maximum Gasteiger partial charge on any atom is 0.0653 e. The van der Waals surface area contributed by atoms with Gasteiger partial charge in [-0.15, -0.1) is 0 Å². The summed E-state index contributed by atoms with van der Waals surface area (Å²) in [5.74, 6) is 0.428. The first-order valence-corrected chi connectivity index (χ1v) is 6.63. The highest BCUT2D eigenvalue weighted by Crippen LogP contribution is 2.31. The highest BCUT2D eigenvalue weighted by molar-refractivity contribution is 5.78. The smallest absolute Gasteiger partial charge is 0.0653 e. The van der Waals surface area contributed by atoms with Gasteiger partial charge >= 0.3 is 0 Å². The van der Waals surface area contributed by atoms with E-state index in [-0.39, 0.29) is 0 Å². The average molecular weight is 249 g/mol. The molecule has 0 amide bonds. The van der Waals surface area contributed by atoms with E-state index in [0.717, 1.165) is 18.6 Å².